The standard InChI is InChI=1S/C11H16N2O3S2/c1-18(15,16)13-6-3-5-12(7-8-13)11(14)10-4-2-9-17-10/h2,4,9H,3,5-8H2,1H3. The molecule has 0 aromatic carbocycles. The van der Waals surface area contributed by atoms with E-state index in [1.54, 1.807) is 11.0 Å². The van der Waals surface area contributed by atoms with Gasteiger partial charge in [-0.1, -0.05) is 6.07 Å². The van der Waals surface area contributed by atoms with Crippen molar-refractivity contribution in [2.75, 3.05) is 32.4 Å². The van der Waals surface area contributed by atoms with E-state index < -0.39 is 10.0 Å². The molecule has 0 N–H and O–H groups in total. The van der Waals surface area contributed by atoms with Crippen LogP contribution in [-0.4, -0.2) is 56.0 Å². The van der Waals surface area contributed by atoms with Gasteiger partial charge in [-0.3, -0.25) is 4.79 Å². The molecular weight excluding hydrogens is 272 g/mol. The maximum Gasteiger partial charge on any atom is 0.263 e. The molecule has 100 valence electrons. The van der Waals surface area contributed by atoms with E-state index in [1.807, 2.05) is 11.4 Å². The molecule has 0 atom stereocenters. The number of nitrogens with zero attached hydrogens (tertiary/aromatic N) is 2. The van der Waals surface area contributed by atoms with Gasteiger partial charge in [0, 0.05) is 26.2 Å². The lowest BCUT2D eigenvalue weighted by Crippen LogP contribution is -2.36. The number of carbonyl (C=O) groups is 1. The van der Waals surface area contributed by atoms with Crippen LogP contribution in [0.4, 0.5) is 0 Å². The Morgan fingerprint density at radius 1 is 1.28 bits per heavy atom. The molecule has 0 bridgehead atoms. The number of hydrogen-bond acceptors (Lipinski definition) is 4. The van der Waals surface area contributed by atoms with Crippen LogP contribution < -0.4 is 0 Å². The highest BCUT2D eigenvalue weighted by Crippen LogP contribution is 2.14. The van der Waals surface area contributed by atoms with Crippen LogP contribution in [-0.2, 0) is 10.0 Å². The molecule has 1 saturated heterocycles. The third-order valence-electron chi connectivity index (χ3n) is 2.94. The second kappa shape index (κ2) is 5.38. The van der Waals surface area contributed by atoms with E-state index in [0.29, 0.717) is 37.5 Å². The molecule has 2 rings (SSSR count). The van der Waals surface area contributed by atoms with Crippen LogP contribution >= 0.6 is 11.3 Å². The van der Waals surface area contributed by atoms with E-state index in [2.05, 4.69) is 0 Å². The summed E-state index contributed by atoms with van der Waals surface area (Å²) in [5, 5.41) is 1.87. The van der Waals surface area contributed by atoms with Crippen molar-refractivity contribution in [2.45, 2.75) is 6.42 Å². The summed E-state index contributed by atoms with van der Waals surface area (Å²) >= 11 is 1.41. The van der Waals surface area contributed by atoms with Gasteiger partial charge in [0.15, 0.2) is 0 Å². The van der Waals surface area contributed by atoms with Crippen LogP contribution in [0.1, 0.15) is 16.1 Å². The van der Waals surface area contributed by atoms with E-state index in [4.69, 9.17) is 0 Å². The molecule has 1 aliphatic rings. The van der Waals surface area contributed by atoms with E-state index in [-0.39, 0.29) is 5.91 Å². The Morgan fingerprint density at radius 3 is 2.67 bits per heavy atom. The molecule has 5 nitrogen and oxygen atoms in total. The predicted molar refractivity (Wildman–Crippen MR) is 71.3 cm³/mol. The van der Waals surface area contributed by atoms with Crippen molar-refractivity contribution in [2.24, 2.45) is 0 Å². The van der Waals surface area contributed by atoms with Crippen LogP contribution in [0, 0.1) is 0 Å². The van der Waals surface area contributed by atoms with Crippen LogP contribution in [0.15, 0.2) is 17.5 Å². The van der Waals surface area contributed by atoms with Crippen molar-refractivity contribution in [1.29, 1.82) is 0 Å². The molecule has 1 amide bonds. The highest BCUT2D eigenvalue weighted by atomic mass is 32.2. The first-order valence-corrected chi connectivity index (χ1v) is 8.49. The molecule has 1 aromatic rings. The fourth-order valence-electron chi connectivity index (χ4n) is 1.98. The van der Waals surface area contributed by atoms with Crippen LogP contribution in [0.25, 0.3) is 0 Å². The number of carbonyl (C=O) groups excluding carboxylic acids is 1. The molecule has 7 heteroatoms. The summed E-state index contributed by atoms with van der Waals surface area (Å²) in [6.07, 6.45) is 1.90. The smallest absolute Gasteiger partial charge is 0.263 e. The summed E-state index contributed by atoms with van der Waals surface area (Å²) in [6.45, 7) is 1.95. The third-order valence-corrected chi connectivity index (χ3v) is 5.10. The molecule has 0 aliphatic carbocycles. The lowest BCUT2D eigenvalue weighted by atomic mass is 10.3. The molecule has 0 spiro atoms. The van der Waals surface area contributed by atoms with Gasteiger partial charge in [-0.05, 0) is 17.9 Å². The zero-order valence-corrected chi connectivity index (χ0v) is 11.8. The van der Waals surface area contributed by atoms with Gasteiger partial charge in [-0.2, -0.15) is 0 Å². The van der Waals surface area contributed by atoms with Crippen LogP contribution in [0.2, 0.25) is 0 Å². The fraction of sp³-hybridized carbons (Fsp3) is 0.545. The Kier molecular flexibility index (Phi) is 4.04. The van der Waals surface area contributed by atoms with E-state index in [1.165, 1.54) is 21.9 Å². The van der Waals surface area contributed by atoms with Gasteiger partial charge < -0.3 is 4.90 Å². The van der Waals surface area contributed by atoms with E-state index >= 15 is 0 Å². The SMILES string of the molecule is CS(=O)(=O)N1CCCN(C(=O)c2cccs2)CC1. The maximum absolute atomic E-state index is 12.1. The summed E-state index contributed by atoms with van der Waals surface area (Å²) in [4.78, 5) is 14.6. The minimum atomic E-state index is -3.15. The Balaban J connectivity index is 2.04. The summed E-state index contributed by atoms with van der Waals surface area (Å²) in [6, 6.07) is 3.64. The minimum absolute atomic E-state index is 0.000325. The third kappa shape index (κ3) is 3.09. The molecular formula is C11H16N2O3S2. The Bertz CT molecular complexity index is 510. The van der Waals surface area contributed by atoms with Gasteiger partial charge >= 0.3 is 0 Å². The quantitative estimate of drug-likeness (QED) is 0.811. The van der Waals surface area contributed by atoms with E-state index in [0.717, 1.165) is 0 Å². The first-order chi connectivity index (χ1) is 8.48. The minimum Gasteiger partial charge on any atom is -0.337 e. The zero-order valence-electron chi connectivity index (χ0n) is 10.2. The monoisotopic (exact) mass is 288 g/mol. The molecule has 18 heavy (non-hydrogen) atoms. The number of sulfonamides is 1. The summed E-state index contributed by atoms with van der Waals surface area (Å²) in [5.41, 5.74) is 0. The highest BCUT2D eigenvalue weighted by Gasteiger charge is 2.24. The lowest BCUT2D eigenvalue weighted by molar-refractivity contribution is 0.0769. The zero-order chi connectivity index (χ0) is 13.2. The molecule has 2 heterocycles. The van der Waals surface area contributed by atoms with Gasteiger partial charge in [-0.25, -0.2) is 12.7 Å². The van der Waals surface area contributed by atoms with Crippen LogP contribution in [0.5, 0.6) is 0 Å². The average Bonchev–Trinajstić information content (AvgIpc) is 2.70. The second-order valence-corrected chi connectivity index (χ2v) is 7.22. The molecule has 0 saturated carbocycles. The van der Waals surface area contributed by atoms with Crippen molar-refractivity contribution in [3.05, 3.63) is 22.4 Å². The number of thiophene rings is 1. The summed E-state index contributed by atoms with van der Waals surface area (Å²) in [5.74, 6) is 0.000325. The lowest BCUT2D eigenvalue weighted by Gasteiger charge is -2.20. The molecule has 1 fully saturated rings. The molecule has 0 radical (unpaired) electrons. The Hall–Kier alpha value is -0.920. The summed E-state index contributed by atoms with van der Waals surface area (Å²) < 4.78 is 24.4. The van der Waals surface area contributed by atoms with Gasteiger partial charge in [0.1, 0.15) is 0 Å². The van der Waals surface area contributed by atoms with Crippen molar-refractivity contribution in [3.63, 3.8) is 0 Å². The Labute approximate surface area is 111 Å². The fourth-order valence-corrected chi connectivity index (χ4v) is 3.55. The van der Waals surface area contributed by atoms with Crippen molar-refractivity contribution in [1.82, 2.24) is 9.21 Å². The first kappa shape index (κ1) is 13.5. The largest absolute Gasteiger partial charge is 0.337 e. The average molecular weight is 288 g/mol. The van der Waals surface area contributed by atoms with Crippen LogP contribution in [0.3, 0.4) is 0 Å². The number of hydrogen-bond donors (Lipinski definition) is 0. The van der Waals surface area contributed by atoms with Crippen molar-refractivity contribution in [3.8, 4) is 0 Å². The van der Waals surface area contributed by atoms with Crippen molar-refractivity contribution >= 4 is 27.3 Å². The van der Waals surface area contributed by atoms with Gasteiger partial charge in [-0.15, -0.1) is 11.3 Å². The van der Waals surface area contributed by atoms with E-state index in [9.17, 15) is 13.2 Å². The predicted octanol–water partition coefficient (Wildman–Crippen LogP) is 0.856. The Morgan fingerprint density at radius 2 is 2.06 bits per heavy atom. The molecule has 1 aliphatic heterocycles. The number of rotatable bonds is 2. The first-order valence-electron chi connectivity index (χ1n) is 5.76. The van der Waals surface area contributed by atoms with Gasteiger partial charge in [0.25, 0.3) is 5.91 Å². The molecule has 1 aromatic heterocycles. The van der Waals surface area contributed by atoms with Gasteiger partial charge in [0.2, 0.25) is 10.0 Å². The van der Waals surface area contributed by atoms with Gasteiger partial charge in [0.05, 0.1) is 11.1 Å². The second-order valence-electron chi connectivity index (χ2n) is 4.29. The molecule has 0 unspecified atom stereocenters. The van der Waals surface area contributed by atoms with Crippen molar-refractivity contribution < 1.29 is 13.2 Å². The normalized spacial score (nSPS) is 18.6. The summed E-state index contributed by atoms with van der Waals surface area (Å²) in [7, 11) is -3.15. The maximum atomic E-state index is 12.1. The number of amides is 1. The highest BCUT2D eigenvalue weighted by molar-refractivity contribution is 7.88. The topological polar surface area (TPSA) is 57.7 Å².